The topological polar surface area (TPSA) is 113 Å². The summed E-state index contributed by atoms with van der Waals surface area (Å²) in [6, 6.07) is 7.04. The number of hydrogen-bond donors (Lipinski definition) is 3. The lowest BCUT2D eigenvalue weighted by molar-refractivity contribution is -0.136. The van der Waals surface area contributed by atoms with E-state index in [-0.39, 0.29) is 6.10 Å². The van der Waals surface area contributed by atoms with Crippen LogP contribution in [-0.4, -0.2) is 56.9 Å². The van der Waals surface area contributed by atoms with Gasteiger partial charge in [-0.2, -0.15) is 0 Å². The molecular formula is C19H32N2O5S. The van der Waals surface area contributed by atoms with Gasteiger partial charge in [0.25, 0.3) is 0 Å². The molecule has 1 heterocycles. The quantitative estimate of drug-likeness (QED) is 0.409. The molecule has 0 bridgehead atoms. The van der Waals surface area contributed by atoms with Crippen molar-refractivity contribution in [1.82, 2.24) is 4.90 Å². The zero-order valence-electron chi connectivity index (χ0n) is 16.2. The van der Waals surface area contributed by atoms with E-state index in [4.69, 9.17) is 9.94 Å². The number of ether oxygens (including phenoxy) is 1. The first-order chi connectivity index (χ1) is 13.0. The molecule has 1 saturated heterocycles. The second-order valence-corrected chi connectivity index (χ2v) is 8.37. The van der Waals surface area contributed by atoms with Crippen LogP contribution in [0.15, 0.2) is 29.2 Å². The largest absolute Gasteiger partial charge is 0.489 e. The normalized spacial score (nSPS) is 19.0. The van der Waals surface area contributed by atoms with Gasteiger partial charge in [0, 0.05) is 18.0 Å². The van der Waals surface area contributed by atoms with E-state index in [1.54, 1.807) is 24.3 Å². The number of carboxylic acid groups (broad SMARTS) is 1. The molecule has 0 spiro atoms. The van der Waals surface area contributed by atoms with Gasteiger partial charge in [-0.3, -0.25) is 9.00 Å². The molecule has 0 radical (unpaired) electrons. The van der Waals surface area contributed by atoms with Gasteiger partial charge in [-0.05, 0) is 44.2 Å². The van der Waals surface area contributed by atoms with Crippen LogP contribution in [0, 0.1) is 0 Å². The molecule has 0 aliphatic carbocycles. The minimum Gasteiger partial charge on any atom is -0.489 e. The van der Waals surface area contributed by atoms with E-state index in [9.17, 15) is 14.1 Å². The third-order valence-electron chi connectivity index (χ3n) is 4.56. The Balaban J connectivity index is 0.00000176. The molecule has 1 aliphatic heterocycles. The van der Waals surface area contributed by atoms with Crippen molar-refractivity contribution in [2.75, 3.05) is 20.1 Å². The SMILES string of the molecule is CCCCCCC(C(=O)O)S(=O)c1ccc(OC2CCN(C)C2)cc1.NO. The summed E-state index contributed by atoms with van der Waals surface area (Å²) < 4.78 is 18.6. The number of nitrogens with two attached hydrogens (primary N) is 1. The zero-order chi connectivity index (χ0) is 20.2. The van der Waals surface area contributed by atoms with Crippen molar-refractivity contribution in [2.24, 2.45) is 5.90 Å². The third-order valence-corrected chi connectivity index (χ3v) is 6.25. The van der Waals surface area contributed by atoms with Crippen molar-refractivity contribution in [3.8, 4) is 5.75 Å². The van der Waals surface area contributed by atoms with Crippen LogP contribution in [-0.2, 0) is 15.6 Å². The smallest absolute Gasteiger partial charge is 0.319 e. The van der Waals surface area contributed by atoms with E-state index < -0.39 is 22.0 Å². The monoisotopic (exact) mass is 400 g/mol. The lowest BCUT2D eigenvalue weighted by Gasteiger charge is -2.15. The van der Waals surface area contributed by atoms with Gasteiger partial charge in [0.05, 0.1) is 10.8 Å². The molecule has 3 unspecified atom stereocenters. The van der Waals surface area contributed by atoms with E-state index in [2.05, 4.69) is 24.8 Å². The fourth-order valence-corrected chi connectivity index (χ4v) is 4.38. The van der Waals surface area contributed by atoms with Crippen LogP contribution in [0.3, 0.4) is 0 Å². The first kappa shape index (κ1) is 23.6. The molecule has 1 aromatic rings. The Hall–Kier alpha value is -1.48. The lowest BCUT2D eigenvalue weighted by Crippen LogP contribution is -2.25. The predicted molar refractivity (Wildman–Crippen MR) is 106 cm³/mol. The highest BCUT2D eigenvalue weighted by atomic mass is 32.2. The number of benzene rings is 1. The number of carboxylic acids is 1. The van der Waals surface area contributed by atoms with Crippen molar-refractivity contribution >= 4 is 16.8 Å². The molecular weight excluding hydrogens is 368 g/mol. The molecule has 4 N–H and O–H groups in total. The molecule has 7 nitrogen and oxygen atoms in total. The molecule has 1 aromatic carbocycles. The van der Waals surface area contributed by atoms with Crippen molar-refractivity contribution in [1.29, 1.82) is 0 Å². The highest BCUT2D eigenvalue weighted by Gasteiger charge is 2.26. The van der Waals surface area contributed by atoms with Gasteiger partial charge in [0.1, 0.15) is 17.1 Å². The first-order valence-corrected chi connectivity index (χ1v) is 10.6. The number of rotatable bonds is 10. The van der Waals surface area contributed by atoms with Crippen molar-refractivity contribution in [3.05, 3.63) is 24.3 Å². The van der Waals surface area contributed by atoms with Gasteiger partial charge < -0.3 is 20.0 Å². The molecule has 3 atom stereocenters. The van der Waals surface area contributed by atoms with Crippen LogP contribution in [0.2, 0.25) is 0 Å². The summed E-state index contributed by atoms with van der Waals surface area (Å²) in [6.07, 6.45) is 5.61. The maximum atomic E-state index is 12.6. The van der Waals surface area contributed by atoms with E-state index in [1.807, 2.05) is 0 Å². The fourth-order valence-electron chi connectivity index (χ4n) is 3.08. The highest BCUT2D eigenvalue weighted by Crippen LogP contribution is 2.22. The lowest BCUT2D eigenvalue weighted by atomic mass is 10.1. The van der Waals surface area contributed by atoms with Gasteiger partial charge in [0.15, 0.2) is 0 Å². The maximum absolute atomic E-state index is 12.6. The van der Waals surface area contributed by atoms with Crippen LogP contribution in [0.25, 0.3) is 0 Å². The number of likely N-dealkylation sites (N-methyl/N-ethyl adjacent to an activating group) is 1. The van der Waals surface area contributed by atoms with E-state index in [1.165, 1.54) is 0 Å². The Labute approximate surface area is 163 Å². The summed E-state index contributed by atoms with van der Waals surface area (Å²) in [5.41, 5.74) is 0. The second-order valence-electron chi connectivity index (χ2n) is 6.74. The number of aliphatic carboxylic acids is 1. The second kappa shape index (κ2) is 12.8. The number of likely N-dealkylation sites (tertiary alicyclic amines) is 1. The predicted octanol–water partition coefficient (Wildman–Crippen LogP) is 2.63. The molecule has 1 fully saturated rings. The van der Waals surface area contributed by atoms with Crippen molar-refractivity contribution < 1.29 is 24.1 Å². The molecule has 8 heteroatoms. The fraction of sp³-hybridized carbons (Fsp3) is 0.632. The number of unbranched alkanes of at least 4 members (excludes halogenated alkanes) is 3. The molecule has 1 aliphatic rings. The van der Waals surface area contributed by atoms with E-state index >= 15 is 0 Å². The number of nitrogens with zero attached hydrogens (tertiary/aromatic N) is 1. The Bertz CT molecular complexity index is 582. The minimum atomic E-state index is -1.54. The van der Waals surface area contributed by atoms with Gasteiger partial charge in [-0.15, -0.1) is 0 Å². The number of carbonyl (C=O) groups is 1. The van der Waals surface area contributed by atoms with E-state index in [0.717, 1.165) is 50.9 Å². The average molecular weight is 401 g/mol. The van der Waals surface area contributed by atoms with Crippen molar-refractivity contribution in [2.45, 2.75) is 61.7 Å². The minimum absolute atomic E-state index is 0.187. The van der Waals surface area contributed by atoms with Gasteiger partial charge in [-0.1, -0.05) is 32.6 Å². The van der Waals surface area contributed by atoms with Crippen molar-refractivity contribution in [3.63, 3.8) is 0 Å². The van der Waals surface area contributed by atoms with Crippen LogP contribution >= 0.6 is 0 Å². The van der Waals surface area contributed by atoms with Crippen LogP contribution < -0.4 is 10.6 Å². The first-order valence-electron chi connectivity index (χ1n) is 9.35. The summed E-state index contributed by atoms with van der Waals surface area (Å²) >= 11 is 0. The Morgan fingerprint density at radius 2 is 1.96 bits per heavy atom. The Kier molecular flexibility index (Phi) is 11.2. The van der Waals surface area contributed by atoms with Gasteiger partial charge in [-0.25, -0.2) is 5.90 Å². The standard InChI is InChI=1S/C19H29NO4S.H3NO/c1-3-4-5-6-7-18(19(21)22)25(23)17-10-8-15(9-11-17)24-16-12-13-20(2)14-16;1-2/h8-11,16,18H,3-7,12-14H2,1-2H3,(H,21,22);2H,1H2. The van der Waals surface area contributed by atoms with Crippen LogP contribution in [0.5, 0.6) is 5.75 Å². The molecule has 2 rings (SSSR count). The molecule has 154 valence electrons. The Morgan fingerprint density at radius 1 is 1.30 bits per heavy atom. The summed E-state index contributed by atoms with van der Waals surface area (Å²) in [4.78, 5) is 14.3. The summed E-state index contributed by atoms with van der Waals surface area (Å²) in [6.45, 7) is 4.05. The maximum Gasteiger partial charge on any atom is 0.319 e. The Morgan fingerprint density at radius 3 is 2.48 bits per heavy atom. The number of hydrogen-bond acceptors (Lipinski definition) is 6. The average Bonchev–Trinajstić information content (AvgIpc) is 3.08. The van der Waals surface area contributed by atoms with E-state index in [0.29, 0.717) is 11.3 Å². The van der Waals surface area contributed by atoms with Crippen LogP contribution in [0.1, 0.15) is 45.4 Å². The zero-order valence-corrected chi connectivity index (χ0v) is 17.0. The molecule has 0 amide bonds. The summed E-state index contributed by atoms with van der Waals surface area (Å²) in [5.74, 6) is 3.26. The molecule has 0 aromatic heterocycles. The van der Waals surface area contributed by atoms with Crippen LogP contribution in [0.4, 0.5) is 0 Å². The molecule has 0 saturated carbocycles. The summed E-state index contributed by atoms with van der Waals surface area (Å²) in [7, 11) is 0.534. The van der Waals surface area contributed by atoms with Gasteiger partial charge in [0.2, 0.25) is 0 Å². The third kappa shape index (κ3) is 7.96. The highest BCUT2D eigenvalue weighted by molar-refractivity contribution is 7.86. The van der Waals surface area contributed by atoms with Gasteiger partial charge >= 0.3 is 5.97 Å². The summed E-state index contributed by atoms with van der Waals surface area (Å²) in [5, 5.41) is 15.1. The molecule has 27 heavy (non-hydrogen) atoms.